The summed E-state index contributed by atoms with van der Waals surface area (Å²) in [5.74, 6) is 0.209. The number of aliphatic hydroxyl groups excluding tert-OH is 3. The Morgan fingerprint density at radius 1 is 1.29 bits per heavy atom. The molecule has 1 fully saturated rings. The first-order chi connectivity index (χ1) is 9.93. The van der Waals surface area contributed by atoms with E-state index in [1.54, 1.807) is 11.9 Å². The number of H-pyrrole nitrogens is 2. The molecule has 2 aliphatic rings. The molecule has 5 N–H and O–H groups in total. The average molecular weight is 300 g/mol. The van der Waals surface area contributed by atoms with Crippen LogP contribution in [-0.4, -0.2) is 70.2 Å². The fraction of sp³-hybridized carbons (Fsp3) is 0.636. The summed E-state index contributed by atoms with van der Waals surface area (Å²) in [5.41, 5.74) is -0.983. The molecule has 0 saturated carbocycles. The van der Waals surface area contributed by atoms with E-state index in [-0.39, 0.29) is 18.2 Å². The van der Waals surface area contributed by atoms with E-state index < -0.39 is 42.4 Å². The summed E-state index contributed by atoms with van der Waals surface area (Å²) in [6, 6.07) is 0. The largest absolute Gasteiger partial charge is 0.394 e. The average Bonchev–Trinajstić information content (AvgIpc) is 2.89. The Labute approximate surface area is 118 Å². The molecular formula is C11H16N4O6. The van der Waals surface area contributed by atoms with Crippen molar-refractivity contribution in [2.24, 2.45) is 0 Å². The van der Waals surface area contributed by atoms with Gasteiger partial charge in [0.25, 0.3) is 5.56 Å². The lowest BCUT2D eigenvalue weighted by molar-refractivity contribution is -0.0222. The molecular weight excluding hydrogens is 284 g/mol. The fourth-order valence-electron chi connectivity index (χ4n) is 2.75. The van der Waals surface area contributed by atoms with Crippen molar-refractivity contribution in [1.82, 2.24) is 9.97 Å². The number of aromatic amines is 2. The normalized spacial score (nSPS) is 31.8. The van der Waals surface area contributed by atoms with Crippen LogP contribution in [-0.2, 0) is 4.74 Å². The molecule has 1 aromatic heterocycles. The highest BCUT2D eigenvalue weighted by atomic mass is 16.6. The molecule has 0 bridgehead atoms. The Balaban J connectivity index is 2.01. The summed E-state index contributed by atoms with van der Waals surface area (Å²) in [6.07, 6.45) is -4.42. The SMILES string of the molecule is CN1CN([C@@H]2O[C@@H](CO)[C@@H](O)[C@H]2O)c2[nH]c(=O)[nH]c(=O)c21. The minimum absolute atomic E-state index is 0.185. The van der Waals surface area contributed by atoms with Gasteiger partial charge in [-0.2, -0.15) is 0 Å². The van der Waals surface area contributed by atoms with E-state index in [1.807, 2.05) is 0 Å². The zero-order valence-electron chi connectivity index (χ0n) is 11.2. The lowest BCUT2D eigenvalue weighted by Crippen LogP contribution is -2.45. The van der Waals surface area contributed by atoms with Gasteiger partial charge in [-0.3, -0.25) is 14.8 Å². The van der Waals surface area contributed by atoms with Crippen molar-refractivity contribution in [2.45, 2.75) is 24.5 Å². The van der Waals surface area contributed by atoms with E-state index in [4.69, 9.17) is 9.84 Å². The third kappa shape index (κ3) is 2.03. The van der Waals surface area contributed by atoms with Crippen LogP contribution >= 0.6 is 0 Å². The standard InChI is InChI=1S/C11H16N4O6/c1-14-3-15(8-5(14)9(19)13-11(20)12-8)10-7(18)6(17)4(2-16)21-10/h4,6-7,10,16-18H,2-3H2,1H3,(H2,12,13,19,20)/t4-,6+,7+,10+/m0/s1. The van der Waals surface area contributed by atoms with Gasteiger partial charge in [-0.25, -0.2) is 4.79 Å². The number of ether oxygens (including phenoxy) is 1. The lowest BCUT2D eigenvalue weighted by Gasteiger charge is -2.27. The van der Waals surface area contributed by atoms with Gasteiger partial charge in [0.05, 0.1) is 13.3 Å². The van der Waals surface area contributed by atoms with E-state index in [9.17, 15) is 19.8 Å². The zero-order valence-corrected chi connectivity index (χ0v) is 11.2. The minimum Gasteiger partial charge on any atom is -0.394 e. The van der Waals surface area contributed by atoms with E-state index >= 15 is 0 Å². The van der Waals surface area contributed by atoms with Gasteiger partial charge in [-0.1, -0.05) is 0 Å². The van der Waals surface area contributed by atoms with Gasteiger partial charge in [0.15, 0.2) is 6.23 Å². The highest BCUT2D eigenvalue weighted by Crippen LogP contribution is 2.34. The molecule has 10 heteroatoms. The van der Waals surface area contributed by atoms with E-state index in [0.717, 1.165) is 0 Å². The highest BCUT2D eigenvalue weighted by Gasteiger charge is 2.48. The van der Waals surface area contributed by atoms with Crippen molar-refractivity contribution in [1.29, 1.82) is 0 Å². The predicted molar refractivity (Wildman–Crippen MR) is 71.2 cm³/mol. The summed E-state index contributed by atoms with van der Waals surface area (Å²) in [6.45, 7) is -0.262. The maximum Gasteiger partial charge on any atom is 0.327 e. The number of nitrogens with one attached hydrogen (secondary N) is 2. The second-order valence-corrected chi connectivity index (χ2v) is 5.14. The molecule has 0 aliphatic carbocycles. The van der Waals surface area contributed by atoms with Crippen molar-refractivity contribution >= 4 is 11.5 Å². The summed E-state index contributed by atoms with van der Waals surface area (Å²) in [5, 5.41) is 29.0. The summed E-state index contributed by atoms with van der Waals surface area (Å²) >= 11 is 0. The minimum atomic E-state index is -1.27. The van der Waals surface area contributed by atoms with Gasteiger partial charge < -0.3 is 29.9 Å². The van der Waals surface area contributed by atoms with Crippen LogP contribution in [0.2, 0.25) is 0 Å². The molecule has 21 heavy (non-hydrogen) atoms. The van der Waals surface area contributed by atoms with Crippen molar-refractivity contribution < 1.29 is 20.1 Å². The number of fused-ring (bicyclic) bond motifs is 1. The fourth-order valence-corrected chi connectivity index (χ4v) is 2.75. The van der Waals surface area contributed by atoms with Crippen molar-refractivity contribution in [3.63, 3.8) is 0 Å². The molecule has 3 rings (SSSR count). The van der Waals surface area contributed by atoms with Gasteiger partial charge in [0, 0.05) is 7.05 Å². The lowest BCUT2D eigenvalue weighted by atomic mass is 10.1. The molecule has 116 valence electrons. The summed E-state index contributed by atoms with van der Waals surface area (Å²) < 4.78 is 5.42. The van der Waals surface area contributed by atoms with Crippen LogP contribution in [0.4, 0.5) is 11.5 Å². The monoisotopic (exact) mass is 300 g/mol. The maximum absolute atomic E-state index is 11.8. The number of hydrogen-bond donors (Lipinski definition) is 5. The number of nitrogens with zero attached hydrogens (tertiary/aromatic N) is 2. The Morgan fingerprint density at radius 2 is 2.00 bits per heavy atom. The third-order valence-electron chi connectivity index (χ3n) is 3.76. The first-order valence-electron chi connectivity index (χ1n) is 6.41. The quantitative estimate of drug-likeness (QED) is 0.383. The van der Waals surface area contributed by atoms with Gasteiger partial charge in [0.2, 0.25) is 0 Å². The van der Waals surface area contributed by atoms with Crippen LogP contribution in [0, 0.1) is 0 Å². The van der Waals surface area contributed by atoms with Crippen LogP contribution in [0.5, 0.6) is 0 Å². The second kappa shape index (κ2) is 4.84. The molecule has 0 unspecified atom stereocenters. The topological polar surface area (TPSA) is 142 Å². The van der Waals surface area contributed by atoms with Crippen LogP contribution in [0.25, 0.3) is 0 Å². The van der Waals surface area contributed by atoms with Crippen LogP contribution in [0.15, 0.2) is 9.59 Å². The van der Waals surface area contributed by atoms with Crippen LogP contribution in [0.3, 0.4) is 0 Å². The number of anilines is 2. The molecule has 0 aromatic carbocycles. The van der Waals surface area contributed by atoms with Crippen LogP contribution in [0.1, 0.15) is 0 Å². The Bertz CT molecular complexity index is 657. The zero-order chi connectivity index (χ0) is 15.3. The highest BCUT2D eigenvalue weighted by molar-refractivity contribution is 5.71. The van der Waals surface area contributed by atoms with Crippen molar-refractivity contribution in [3.05, 3.63) is 20.8 Å². The third-order valence-corrected chi connectivity index (χ3v) is 3.76. The predicted octanol–water partition coefficient (Wildman–Crippen LogP) is -3.28. The molecule has 1 aromatic rings. The first-order valence-corrected chi connectivity index (χ1v) is 6.41. The molecule has 10 nitrogen and oxygen atoms in total. The van der Waals surface area contributed by atoms with Crippen molar-refractivity contribution in [2.75, 3.05) is 30.1 Å². The Kier molecular flexibility index (Phi) is 3.24. The number of aromatic nitrogens is 2. The number of rotatable bonds is 2. The summed E-state index contributed by atoms with van der Waals surface area (Å²) in [7, 11) is 1.65. The second-order valence-electron chi connectivity index (χ2n) is 5.14. The molecule has 1 saturated heterocycles. The van der Waals surface area contributed by atoms with Crippen molar-refractivity contribution in [3.8, 4) is 0 Å². The maximum atomic E-state index is 11.8. The smallest absolute Gasteiger partial charge is 0.327 e. The van der Waals surface area contributed by atoms with Gasteiger partial charge in [0.1, 0.15) is 29.8 Å². The Morgan fingerprint density at radius 3 is 2.62 bits per heavy atom. The number of aliphatic hydroxyl groups is 3. The Hall–Kier alpha value is -1.88. The van der Waals surface area contributed by atoms with E-state index in [0.29, 0.717) is 0 Å². The molecule has 3 heterocycles. The molecule has 0 amide bonds. The van der Waals surface area contributed by atoms with E-state index in [2.05, 4.69) is 9.97 Å². The number of hydrogen-bond acceptors (Lipinski definition) is 8. The van der Waals surface area contributed by atoms with Gasteiger partial charge in [-0.05, 0) is 0 Å². The summed E-state index contributed by atoms with van der Waals surface area (Å²) in [4.78, 5) is 30.9. The molecule has 4 atom stereocenters. The molecule has 0 radical (unpaired) electrons. The van der Waals surface area contributed by atoms with E-state index in [1.165, 1.54) is 4.90 Å². The first kappa shape index (κ1) is 14.1. The molecule has 0 spiro atoms. The molecule has 2 aliphatic heterocycles. The van der Waals surface area contributed by atoms with Gasteiger partial charge in [-0.15, -0.1) is 0 Å². The van der Waals surface area contributed by atoms with Gasteiger partial charge >= 0.3 is 5.69 Å². The van der Waals surface area contributed by atoms with Crippen LogP contribution < -0.4 is 21.0 Å².